The number of aromatic nitrogens is 1. The smallest absolute Gasteiger partial charge is 0.335 e. The van der Waals surface area contributed by atoms with Crippen LogP contribution in [0.1, 0.15) is 36.8 Å². The number of anilines is 1. The Kier molecular flexibility index (Phi) is 3.88. The molecular weight excluding hydrogens is 204 g/mol. The molecule has 0 aromatic carbocycles. The average Bonchev–Trinajstić information content (AvgIpc) is 2.17. The minimum Gasteiger partial charge on any atom is -0.478 e. The van der Waals surface area contributed by atoms with Crippen molar-refractivity contribution in [3.05, 3.63) is 23.4 Å². The first-order valence-electron chi connectivity index (χ1n) is 5.44. The van der Waals surface area contributed by atoms with E-state index >= 15 is 0 Å². The summed E-state index contributed by atoms with van der Waals surface area (Å²) in [6, 6.07) is 3.51. The molecule has 0 fully saturated rings. The minimum absolute atomic E-state index is 0.293. The number of carboxylic acid groups (broad SMARTS) is 1. The van der Waals surface area contributed by atoms with Gasteiger partial charge in [0.05, 0.1) is 5.56 Å². The van der Waals surface area contributed by atoms with E-state index in [0.29, 0.717) is 11.6 Å². The Bertz CT molecular complexity index is 389. The maximum atomic E-state index is 10.9. The summed E-state index contributed by atoms with van der Waals surface area (Å²) in [6.45, 7) is 8.78. The summed E-state index contributed by atoms with van der Waals surface area (Å²) in [5.74, 6) is -0.179. The van der Waals surface area contributed by atoms with Crippen molar-refractivity contribution in [1.82, 2.24) is 4.98 Å². The van der Waals surface area contributed by atoms with Gasteiger partial charge < -0.3 is 10.0 Å². The predicted octanol–water partition coefficient (Wildman–Crippen LogP) is 2.32. The van der Waals surface area contributed by atoms with Crippen molar-refractivity contribution in [1.29, 1.82) is 0 Å². The van der Waals surface area contributed by atoms with Crippen LogP contribution in [0.2, 0.25) is 0 Å². The number of nitrogens with zero attached hydrogens (tertiary/aromatic N) is 2. The summed E-state index contributed by atoms with van der Waals surface area (Å²) in [6.07, 6.45) is 0. The van der Waals surface area contributed by atoms with Gasteiger partial charge in [-0.25, -0.2) is 9.78 Å². The lowest BCUT2D eigenvalue weighted by atomic mass is 10.2. The van der Waals surface area contributed by atoms with Crippen LogP contribution in [-0.4, -0.2) is 28.6 Å². The van der Waals surface area contributed by atoms with E-state index in [9.17, 15) is 4.79 Å². The molecule has 0 spiro atoms. The molecule has 1 N–H and O–H groups in total. The fraction of sp³-hybridized carbons (Fsp3) is 0.500. The van der Waals surface area contributed by atoms with Crippen molar-refractivity contribution >= 4 is 11.8 Å². The zero-order valence-corrected chi connectivity index (χ0v) is 10.2. The summed E-state index contributed by atoms with van der Waals surface area (Å²) in [4.78, 5) is 17.4. The number of hydrogen-bond acceptors (Lipinski definition) is 3. The third kappa shape index (κ3) is 2.72. The van der Waals surface area contributed by atoms with Crippen LogP contribution in [0.4, 0.5) is 5.82 Å². The van der Waals surface area contributed by atoms with Gasteiger partial charge in [0.2, 0.25) is 0 Å². The van der Waals surface area contributed by atoms with Crippen molar-refractivity contribution in [3.8, 4) is 0 Å². The van der Waals surface area contributed by atoms with E-state index in [-0.39, 0.29) is 0 Å². The molecule has 1 heterocycles. The van der Waals surface area contributed by atoms with Crippen LogP contribution < -0.4 is 4.90 Å². The van der Waals surface area contributed by atoms with E-state index in [2.05, 4.69) is 23.7 Å². The number of hydrogen-bond donors (Lipinski definition) is 1. The van der Waals surface area contributed by atoms with E-state index in [0.717, 1.165) is 18.1 Å². The standard InChI is InChI=1S/C12H18N2O2/c1-5-14(8(2)3)11-7-10(12(15)16)6-9(4)13-11/h6-8H,5H2,1-4H3,(H,15,16). The normalized spacial score (nSPS) is 10.6. The number of aryl methyl sites for hydroxylation is 1. The fourth-order valence-electron chi connectivity index (χ4n) is 1.71. The van der Waals surface area contributed by atoms with Gasteiger partial charge in [0.25, 0.3) is 0 Å². The van der Waals surface area contributed by atoms with Crippen LogP contribution in [0.3, 0.4) is 0 Å². The second kappa shape index (κ2) is 4.96. The number of aromatic carboxylic acids is 1. The summed E-state index contributed by atoms with van der Waals surface area (Å²) >= 11 is 0. The molecular formula is C12H18N2O2. The maximum absolute atomic E-state index is 10.9. The second-order valence-electron chi connectivity index (χ2n) is 4.04. The molecule has 4 nitrogen and oxygen atoms in total. The predicted molar refractivity (Wildman–Crippen MR) is 64.1 cm³/mol. The van der Waals surface area contributed by atoms with Crippen LogP contribution in [0.25, 0.3) is 0 Å². The van der Waals surface area contributed by atoms with Gasteiger partial charge in [-0.2, -0.15) is 0 Å². The first-order chi connectivity index (χ1) is 7.45. The Morgan fingerprint density at radius 1 is 1.50 bits per heavy atom. The molecule has 1 rings (SSSR count). The number of pyridine rings is 1. The van der Waals surface area contributed by atoms with Gasteiger partial charge in [-0.1, -0.05) is 0 Å². The molecule has 0 saturated heterocycles. The monoisotopic (exact) mass is 222 g/mol. The van der Waals surface area contributed by atoms with Crippen molar-refractivity contribution in [2.75, 3.05) is 11.4 Å². The highest BCUT2D eigenvalue weighted by Crippen LogP contribution is 2.17. The van der Waals surface area contributed by atoms with Gasteiger partial charge in [0, 0.05) is 18.3 Å². The average molecular weight is 222 g/mol. The molecule has 0 unspecified atom stereocenters. The van der Waals surface area contributed by atoms with Crippen LogP contribution in [0.15, 0.2) is 12.1 Å². The van der Waals surface area contributed by atoms with E-state index in [1.807, 2.05) is 13.8 Å². The third-order valence-corrected chi connectivity index (χ3v) is 2.45. The Morgan fingerprint density at radius 3 is 2.56 bits per heavy atom. The number of carbonyl (C=O) groups is 1. The van der Waals surface area contributed by atoms with E-state index in [4.69, 9.17) is 5.11 Å². The topological polar surface area (TPSA) is 53.4 Å². The lowest BCUT2D eigenvalue weighted by molar-refractivity contribution is 0.0696. The van der Waals surface area contributed by atoms with E-state index < -0.39 is 5.97 Å². The Hall–Kier alpha value is -1.58. The molecule has 0 aliphatic carbocycles. The molecule has 1 aromatic rings. The van der Waals surface area contributed by atoms with Gasteiger partial charge in [-0.15, -0.1) is 0 Å². The number of rotatable bonds is 4. The zero-order chi connectivity index (χ0) is 12.3. The van der Waals surface area contributed by atoms with Crippen molar-refractivity contribution in [2.45, 2.75) is 33.7 Å². The van der Waals surface area contributed by atoms with E-state index in [1.54, 1.807) is 12.1 Å². The highest BCUT2D eigenvalue weighted by molar-refractivity contribution is 5.88. The lowest BCUT2D eigenvalue weighted by Gasteiger charge is -2.26. The summed E-state index contributed by atoms with van der Waals surface area (Å²) < 4.78 is 0. The molecule has 0 radical (unpaired) electrons. The van der Waals surface area contributed by atoms with Crippen LogP contribution in [0, 0.1) is 6.92 Å². The molecule has 16 heavy (non-hydrogen) atoms. The quantitative estimate of drug-likeness (QED) is 0.849. The minimum atomic E-state index is -0.911. The molecule has 0 bridgehead atoms. The summed E-state index contributed by atoms with van der Waals surface area (Å²) in [7, 11) is 0. The number of carboxylic acids is 1. The Labute approximate surface area is 95.9 Å². The molecule has 4 heteroatoms. The highest BCUT2D eigenvalue weighted by Gasteiger charge is 2.13. The first kappa shape index (κ1) is 12.5. The Balaban J connectivity index is 3.17. The largest absolute Gasteiger partial charge is 0.478 e. The lowest BCUT2D eigenvalue weighted by Crippen LogP contribution is -2.31. The van der Waals surface area contributed by atoms with Crippen LogP contribution in [0.5, 0.6) is 0 Å². The van der Waals surface area contributed by atoms with Crippen LogP contribution in [-0.2, 0) is 0 Å². The van der Waals surface area contributed by atoms with Crippen molar-refractivity contribution < 1.29 is 9.90 Å². The van der Waals surface area contributed by atoms with Gasteiger partial charge in [-0.3, -0.25) is 0 Å². The van der Waals surface area contributed by atoms with Gasteiger partial charge in [0.15, 0.2) is 0 Å². The van der Waals surface area contributed by atoms with Crippen molar-refractivity contribution in [3.63, 3.8) is 0 Å². The first-order valence-corrected chi connectivity index (χ1v) is 5.44. The second-order valence-corrected chi connectivity index (χ2v) is 4.04. The maximum Gasteiger partial charge on any atom is 0.335 e. The molecule has 0 aliphatic rings. The highest BCUT2D eigenvalue weighted by atomic mass is 16.4. The molecule has 0 atom stereocenters. The van der Waals surface area contributed by atoms with Crippen molar-refractivity contribution in [2.24, 2.45) is 0 Å². The molecule has 0 aliphatic heterocycles. The third-order valence-electron chi connectivity index (χ3n) is 2.45. The fourth-order valence-corrected chi connectivity index (χ4v) is 1.71. The van der Waals surface area contributed by atoms with Gasteiger partial charge >= 0.3 is 5.97 Å². The zero-order valence-electron chi connectivity index (χ0n) is 10.2. The molecule has 0 saturated carbocycles. The molecule has 88 valence electrons. The van der Waals surface area contributed by atoms with Gasteiger partial charge in [0.1, 0.15) is 5.82 Å². The summed E-state index contributed by atoms with van der Waals surface area (Å²) in [5, 5.41) is 8.98. The molecule has 0 amide bonds. The molecule has 1 aromatic heterocycles. The van der Waals surface area contributed by atoms with Crippen LogP contribution >= 0.6 is 0 Å². The Morgan fingerprint density at radius 2 is 2.12 bits per heavy atom. The van der Waals surface area contributed by atoms with Gasteiger partial charge in [-0.05, 0) is 39.8 Å². The SMILES string of the molecule is CCN(c1cc(C(=O)O)cc(C)n1)C(C)C. The van der Waals surface area contributed by atoms with E-state index in [1.165, 1.54) is 0 Å². The summed E-state index contributed by atoms with van der Waals surface area (Å²) in [5.41, 5.74) is 1.02.